The van der Waals surface area contributed by atoms with E-state index in [1.54, 1.807) is 42.5 Å². The molecular weight excluding hydrogens is 352 g/mol. The minimum absolute atomic E-state index is 0.0958. The van der Waals surface area contributed by atoms with Gasteiger partial charge in [0.25, 0.3) is 5.91 Å². The van der Waals surface area contributed by atoms with Gasteiger partial charge in [-0.15, -0.1) is 0 Å². The Morgan fingerprint density at radius 1 is 1.04 bits per heavy atom. The molecular formula is C19H20N2O6. The normalized spacial score (nSPS) is 11.0. The number of benzene rings is 2. The summed E-state index contributed by atoms with van der Waals surface area (Å²) in [6, 6.07) is 11.4. The fourth-order valence-corrected chi connectivity index (χ4v) is 2.41. The fraction of sp³-hybridized carbons (Fsp3) is 0.211. The number of carbonyl (C=O) groups is 2. The molecule has 0 atom stereocenters. The third-order valence-corrected chi connectivity index (χ3v) is 3.82. The number of aliphatic carboxylic acids is 1. The first-order chi connectivity index (χ1) is 13.0. The Bertz CT molecular complexity index is 846. The minimum Gasteiger partial charge on any atom is -0.497 e. The maximum absolute atomic E-state index is 12.5. The van der Waals surface area contributed by atoms with E-state index >= 15 is 0 Å². The van der Waals surface area contributed by atoms with Crippen LogP contribution in [0, 0.1) is 0 Å². The summed E-state index contributed by atoms with van der Waals surface area (Å²) >= 11 is 0. The van der Waals surface area contributed by atoms with Crippen molar-refractivity contribution in [1.29, 1.82) is 0 Å². The molecule has 0 aliphatic rings. The number of nitrogens with zero attached hydrogens (tertiary/aromatic N) is 1. The fourth-order valence-electron chi connectivity index (χ4n) is 2.41. The van der Waals surface area contributed by atoms with Gasteiger partial charge in [-0.05, 0) is 35.9 Å². The lowest BCUT2D eigenvalue weighted by atomic mass is 10.1. The van der Waals surface area contributed by atoms with Gasteiger partial charge >= 0.3 is 5.97 Å². The highest BCUT2D eigenvalue weighted by Gasteiger charge is 2.14. The number of nitrogens with one attached hydrogen (secondary N) is 1. The standard InChI is InChI=1S/C19H20N2O6/c1-26-14-7-9-17(27-2)15(11-14)19(24)20-13-5-3-12(4-6-13)16(21-25)8-10-18(22)23/h3-7,9,11,25H,8,10H2,1-2H3,(H,20,24)(H,22,23)/b21-16+. The van der Waals surface area contributed by atoms with Gasteiger partial charge in [-0.25, -0.2) is 0 Å². The summed E-state index contributed by atoms with van der Waals surface area (Å²) in [5.41, 5.74) is 1.66. The van der Waals surface area contributed by atoms with Crippen molar-refractivity contribution in [1.82, 2.24) is 0 Å². The van der Waals surface area contributed by atoms with Crippen LogP contribution >= 0.6 is 0 Å². The number of oxime groups is 1. The zero-order valence-corrected chi connectivity index (χ0v) is 14.9. The molecule has 8 heteroatoms. The third kappa shape index (κ3) is 5.21. The summed E-state index contributed by atoms with van der Waals surface area (Å²) in [6.07, 6.45) is -0.0495. The average Bonchev–Trinajstić information content (AvgIpc) is 2.68. The van der Waals surface area contributed by atoms with Crippen LogP contribution in [0.3, 0.4) is 0 Å². The number of amides is 1. The highest BCUT2D eigenvalue weighted by Crippen LogP contribution is 2.25. The zero-order chi connectivity index (χ0) is 19.8. The van der Waals surface area contributed by atoms with Crippen LogP contribution < -0.4 is 14.8 Å². The summed E-state index contributed by atoms with van der Waals surface area (Å²) in [6.45, 7) is 0. The molecule has 0 aromatic heterocycles. The highest BCUT2D eigenvalue weighted by molar-refractivity contribution is 6.07. The molecule has 0 aliphatic carbocycles. The predicted octanol–water partition coefficient (Wildman–Crippen LogP) is 3.00. The molecule has 0 saturated carbocycles. The number of carboxylic acid groups (broad SMARTS) is 1. The number of carbonyl (C=O) groups excluding carboxylic acids is 1. The average molecular weight is 372 g/mol. The lowest BCUT2D eigenvalue weighted by Crippen LogP contribution is -2.13. The van der Waals surface area contributed by atoms with E-state index in [0.29, 0.717) is 28.3 Å². The lowest BCUT2D eigenvalue weighted by Gasteiger charge is -2.11. The van der Waals surface area contributed by atoms with Crippen LogP contribution in [-0.2, 0) is 4.79 Å². The first-order valence-electron chi connectivity index (χ1n) is 8.05. The van der Waals surface area contributed by atoms with Crippen molar-refractivity contribution in [3.05, 3.63) is 53.6 Å². The van der Waals surface area contributed by atoms with Gasteiger partial charge in [-0.3, -0.25) is 9.59 Å². The van der Waals surface area contributed by atoms with Crippen LogP contribution in [0.5, 0.6) is 11.5 Å². The van der Waals surface area contributed by atoms with Gasteiger partial charge in [0, 0.05) is 12.1 Å². The summed E-state index contributed by atoms with van der Waals surface area (Å²) < 4.78 is 10.3. The maximum Gasteiger partial charge on any atom is 0.303 e. The molecule has 0 heterocycles. The molecule has 0 spiro atoms. The van der Waals surface area contributed by atoms with E-state index < -0.39 is 5.97 Å². The summed E-state index contributed by atoms with van der Waals surface area (Å²) in [5, 5.41) is 23.7. The van der Waals surface area contributed by atoms with Crippen molar-refractivity contribution in [2.45, 2.75) is 12.8 Å². The second-order valence-corrected chi connectivity index (χ2v) is 5.54. The topological polar surface area (TPSA) is 117 Å². The van der Waals surface area contributed by atoms with Gasteiger partial charge in [-0.1, -0.05) is 17.3 Å². The van der Waals surface area contributed by atoms with E-state index in [1.807, 2.05) is 0 Å². The first kappa shape index (κ1) is 19.8. The summed E-state index contributed by atoms with van der Waals surface area (Å²) in [7, 11) is 2.98. The van der Waals surface area contributed by atoms with E-state index in [1.165, 1.54) is 14.2 Å². The lowest BCUT2D eigenvalue weighted by molar-refractivity contribution is -0.136. The van der Waals surface area contributed by atoms with Crippen molar-refractivity contribution in [2.75, 3.05) is 19.5 Å². The second kappa shape index (κ2) is 9.23. The van der Waals surface area contributed by atoms with Gasteiger partial charge in [0.15, 0.2) is 0 Å². The highest BCUT2D eigenvalue weighted by atomic mass is 16.5. The molecule has 0 unspecified atom stereocenters. The van der Waals surface area contributed by atoms with Crippen LogP contribution in [0.1, 0.15) is 28.8 Å². The van der Waals surface area contributed by atoms with E-state index in [-0.39, 0.29) is 24.5 Å². The molecule has 3 N–H and O–H groups in total. The number of methoxy groups -OCH3 is 2. The number of hydrogen-bond donors (Lipinski definition) is 3. The molecule has 0 aliphatic heterocycles. The molecule has 8 nitrogen and oxygen atoms in total. The Morgan fingerprint density at radius 2 is 1.74 bits per heavy atom. The molecule has 2 aromatic rings. The van der Waals surface area contributed by atoms with Crippen LogP contribution in [0.15, 0.2) is 47.6 Å². The van der Waals surface area contributed by atoms with Crippen LogP contribution in [-0.4, -0.2) is 42.1 Å². The molecule has 0 fully saturated rings. The Hall–Kier alpha value is -3.55. The monoisotopic (exact) mass is 372 g/mol. The van der Waals surface area contributed by atoms with Crippen molar-refractivity contribution in [3.8, 4) is 11.5 Å². The van der Waals surface area contributed by atoms with Crippen molar-refractivity contribution < 1.29 is 29.4 Å². The van der Waals surface area contributed by atoms with Gasteiger partial charge in [-0.2, -0.15) is 0 Å². The Labute approximate surface area is 156 Å². The van der Waals surface area contributed by atoms with E-state index in [0.717, 1.165) is 0 Å². The van der Waals surface area contributed by atoms with Crippen molar-refractivity contribution >= 4 is 23.3 Å². The number of hydrogen-bond acceptors (Lipinski definition) is 6. The number of anilines is 1. The van der Waals surface area contributed by atoms with Gasteiger partial charge in [0.2, 0.25) is 0 Å². The molecule has 2 aromatic carbocycles. The SMILES string of the molecule is COc1ccc(OC)c(C(=O)Nc2ccc(/C(CCC(=O)O)=N/O)cc2)c1. The number of carboxylic acids is 1. The molecule has 1 amide bonds. The largest absolute Gasteiger partial charge is 0.497 e. The van der Waals surface area contributed by atoms with Crippen LogP contribution in [0.25, 0.3) is 0 Å². The second-order valence-electron chi connectivity index (χ2n) is 5.54. The zero-order valence-electron chi connectivity index (χ0n) is 14.9. The van der Waals surface area contributed by atoms with E-state index in [4.69, 9.17) is 19.8 Å². The Morgan fingerprint density at radius 3 is 2.30 bits per heavy atom. The van der Waals surface area contributed by atoms with E-state index in [9.17, 15) is 9.59 Å². The quantitative estimate of drug-likeness (QED) is 0.372. The first-order valence-corrected chi connectivity index (χ1v) is 8.05. The molecule has 142 valence electrons. The third-order valence-electron chi connectivity index (χ3n) is 3.82. The molecule has 0 bridgehead atoms. The molecule has 27 heavy (non-hydrogen) atoms. The van der Waals surface area contributed by atoms with Crippen molar-refractivity contribution in [2.24, 2.45) is 5.16 Å². The molecule has 0 saturated heterocycles. The molecule has 2 rings (SSSR count). The Balaban J connectivity index is 2.14. The predicted molar refractivity (Wildman–Crippen MR) is 99.1 cm³/mol. The number of rotatable bonds is 8. The van der Waals surface area contributed by atoms with Gasteiger partial charge in [0.05, 0.1) is 31.9 Å². The van der Waals surface area contributed by atoms with E-state index in [2.05, 4.69) is 10.5 Å². The minimum atomic E-state index is -0.979. The van der Waals surface area contributed by atoms with Crippen LogP contribution in [0.4, 0.5) is 5.69 Å². The number of ether oxygens (including phenoxy) is 2. The summed E-state index contributed by atoms with van der Waals surface area (Å²) in [5.74, 6) is -0.417. The van der Waals surface area contributed by atoms with Gasteiger partial charge < -0.3 is 25.1 Å². The maximum atomic E-state index is 12.5. The Kier molecular flexibility index (Phi) is 6.76. The van der Waals surface area contributed by atoms with Gasteiger partial charge in [0.1, 0.15) is 11.5 Å². The van der Waals surface area contributed by atoms with Crippen molar-refractivity contribution in [3.63, 3.8) is 0 Å². The van der Waals surface area contributed by atoms with Crippen LogP contribution in [0.2, 0.25) is 0 Å². The molecule has 0 radical (unpaired) electrons. The summed E-state index contributed by atoms with van der Waals surface area (Å²) in [4.78, 5) is 23.2. The smallest absolute Gasteiger partial charge is 0.303 e.